The summed E-state index contributed by atoms with van der Waals surface area (Å²) in [4.78, 5) is 28.2. The van der Waals surface area contributed by atoms with Crippen LogP contribution < -0.4 is 21.1 Å². The third-order valence-electron chi connectivity index (χ3n) is 6.92. The molecule has 0 unspecified atom stereocenters. The van der Waals surface area contributed by atoms with Crippen LogP contribution in [0.15, 0.2) is 64.0 Å². The van der Waals surface area contributed by atoms with Crippen LogP contribution in [0.3, 0.4) is 0 Å². The molecule has 0 spiro atoms. The zero-order chi connectivity index (χ0) is 28.3. The summed E-state index contributed by atoms with van der Waals surface area (Å²) in [6, 6.07) is 14.7. The maximum absolute atomic E-state index is 12.4. The molecule has 212 valence electrons. The van der Waals surface area contributed by atoms with Crippen molar-refractivity contribution in [3.63, 3.8) is 0 Å². The molecule has 0 aliphatic carbocycles. The molecule has 13 nitrogen and oxygen atoms in total. The largest absolute Gasteiger partial charge is 0.394 e. The van der Waals surface area contributed by atoms with Crippen molar-refractivity contribution in [3.05, 3.63) is 70.6 Å². The van der Waals surface area contributed by atoms with Crippen molar-refractivity contribution >= 4 is 34.3 Å². The Balaban J connectivity index is 1.35. The molecule has 41 heavy (non-hydrogen) atoms. The number of rotatable bonds is 9. The molecule has 3 aromatic heterocycles. The number of benzene rings is 2. The van der Waals surface area contributed by atoms with Crippen molar-refractivity contribution in [2.75, 3.05) is 48.4 Å². The number of aromatic amines is 1. The number of ether oxygens (including phenoxy) is 1. The van der Waals surface area contributed by atoms with E-state index in [-0.39, 0.29) is 24.1 Å². The summed E-state index contributed by atoms with van der Waals surface area (Å²) >= 11 is 0. The van der Waals surface area contributed by atoms with Crippen LogP contribution in [0.25, 0.3) is 22.4 Å². The highest BCUT2D eigenvalue weighted by atomic mass is 16.5. The summed E-state index contributed by atoms with van der Waals surface area (Å²) in [7, 11) is 0. The van der Waals surface area contributed by atoms with E-state index in [4.69, 9.17) is 14.2 Å². The first kappa shape index (κ1) is 26.5. The minimum Gasteiger partial charge on any atom is -0.394 e. The normalized spacial score (nSPS) is 14.5. The number of hydrogen-bond acceptors (Lipinski definition) is 11. The summed E-state index contributed by atoms with van der Waals surface area (Å²) in [5, 5.41) is 24.4. The fraction of sp³-hybridized carbons (Fsp3) is 0.321. The number of morpholine rings is 1. The van der Waals surface area contributed by atoms with Crippen LogP contribution in [-0.2, 0) is 4.74 Å². The Bertz CT molecular complexity index is 1690. The lowest BCUT2D eigenvalue weighted by molar-refractivity contribution is 0.121. The smallest absolute Gasteiger partial charge is 0.271 e. The number of hydrogen-bond donors (Lipinski definition) is 4. The summed E-state index contributed by atoms with van der Waals surface area (Å²) in [6.07, 6.45) is 1.60. The van der Waals surface area contributed by atoms with Crippen LogP contribution in [0.5, 0.6) is 0 Å². The molecule has 0 amide bonds. The summed E-state index contributed by atoms with van der Waals surface area (Å²) in [6.45, 7) is 6.36. The maximum Gasteiger partial charge on any atom is 0.271 e. The minimum absolute atomic E-state index is 0.0759. The highest BCUT2D eigenvalue weighted by Gasteiger charge is 2.23. The van der Waals surface area contributed by atoms with Crippen molar-refractivity contribution < 1.29 is 14.4 Å². The van der Waals surface area contributed by atoms with Gasteiger partial charge in [-0.25, -0.2) is 4.98 Å². The predicted octanol–water partition coefficient (Wildman–Crippen LogP) is 3.48. The second-order valence-corrected chi connectivity index (χ2v) is 10.0. The molecule has 4 N–H and O–H groups in total. The lowest BCUT2D eigenvalue weighted by Gasteiger charge is -2.24. The molecule has 1 saturated heterocycles. The number of fused-ring (bicyclic) bond motifs is 1. The predicted molar refractivity (Wildman–Crippen MR) is 154 cm³/mol. The van der Waals surface area contributed by atoms with Crippen molar-refractivity contribution in [2.45, 2.75) is 25.9 Å². The first-order chi connectivity index (χ1) is 20.0. The fourth-order valence-electron chi connectivity index (χ4n) is 4.78. The molecule has 0 radical (unpaired) electrons. The zero-order valence-electron chi connectivity index (χ0n) is 22.7. The third-order valence-corrected chi connectivity index (χ3v) is 6.92. The number of nitrogens with zero attached hydrogens (tertiary/aromatic N) is 6. The number of aliphatic hydroxyl groups is 1. The second-order valence-electron chi connectivity index (χ2n) is 10.0. The molecule has 2 aromatic carbocycles. The average molecular weight is 558 g/mol. The van der Waals surface area contributed by atoms with Crippen molar-refractivity contribution in [1.82, 2.24) is 29.9 Å². The van der Waals surface area contributed by atoms with Gasteiger partial charge in [0.05, 0.1) is 36.8 Å². The van der Waals surface area contributed by atoms with Crippen LogP contribution in [0.1, 0.15) is 31.5 Å². The SMILES string of the molecule is CC(C)n1[nH]c(=O)c2ccc(Nc3ncc(-c4nc(N5CCOCC5)no4)c(N[C@H](CO)c4ccccc4)n3)cc21. The van der Waals surface area contributed by atoms with Gasteiger partial charge < -0.3 is 29.9 Å². The molecule has 6 rings (SSSR count). The van der Waals surface area contributed by atoms with Gasteiger partial charge in [0.15, 0.2) is 0 Å². The van der Waals surface area contributed by atoms with Gasteiger partial charge in [0.1, 0.15) is 11.4 Å². The van der Waals surface area contributed by atoms with E-state index >= 15 is 0 Å². The lowest BCUT2D eigenvalue weighted by atomic mass is 10.1. The monoisotopic (exact) mass is 557 g/mol. The molecule has 1 fully saturated rings. The Morgan fingerprint density at radius 2 is 1.90 bits per heavy atom. The van der Waals surface area contributed by atoms with E-state index in [1.165, 1.54) is 0 Å². The first-order valence-electron chi connectivity index (χ1n) is 13.5. The van der Waals surface area contributed by atoms with E-state index in [1.54, 1.807) is 18.3 Å². The standard InChI is InChI=1S/C28H31N9O4/c1-17(2)37-23-14-19(8-9-20(23)25(39)34-37)30-27-29-15-21(26-33-28(35-41-26)36-10-12-40-13-11-36)24(32-27)31-22(16-38)18-6-4-3-5-7-18/h3-9,14-15,17,22,38H,10-13,16H2,1-2H3,(H,34,39)(H2,29,30,31,32)/t22-/m1/s1. The van der Waals surface area contributed by atoms with Gasteiger partial charge in [0.25, 0.3) is 17.4 Å². The summed E-state index contributed by atoms with van der Waals surface area (Å²) < 4.78 is 12.9. The van der Waals surface area contributed by atoms with Gasteiger partial charge in [-0.2, -0.15) is 9.97 Å². The topological polar surface area (TPSA) is 159 Å². The molecule has 4 heterocycles. The van der Waals surface area contributed by atoms with E-state index in [0.29, 0.717) is 60.7 Å². The van der Waals surface area contributed by atoms with Crippen molar-refractivity contribution in [1.29, 1.82) is 0 Å². The summed E-state index contributed by atoms with van der Waals surface area (Å²) in [5.74, 6) is 1.43. The zero-order valence-corrected chi connectivity index (χ0v) is 22.7. The Kier molecular flexibility index (Phi) is 7.35. The highest BCUT2D eigenvalue weighted by Crippen LogP contribution is 2.31. The van der Waals surface area contributed by atoms with E-state index in [0.717, 1.165) is 11.1 Å². The van der Waals surface area contributed by atoms with Gasteiger partial charge in [0.2, 0.25) is 5.95 Å². The van der Waals surface area contributed by atoms with Gasteiger partial charge in [-0.15, -0.1) is 0 Å². The van der Waals surface area contributed by atoms with E-state index in [2.05, 4.69) is 30.9 Å². The van der Waals surface area contributed by atoms with Gasteiger partial charge in [-0.3, -0.25) is 14.6 Å². The van der Waals surface area contributed by atoms with Crippen LogP contribution in [0.4, 0.5) is 23.4 Å². The van der Waals surface area contributed by atoms with Crippen LogP contribution in [0.2, 0.25) is 0 Å². The third kappa shape index (κ3) is 5.49. The number of nitrogens with one attached hydrogen (secondary N) is 3. The lowest BCUT2D eigenvalue weighted by Crippen LogP contribution is -2.36. The number of aromatic nitrogens is 6. The Labute approximate surface area is 235 Å². The molecule has 1 aliphatic heterocycles. The quantitative estimate of drug-likeness (QED) is 0.210. The second kappa shape index (κ2) is 11.4. The van der Waals surface area contributed by atoms with Gasteiger partial charge in [0, 0.05) is 31.0 Å². The van der Waals surface area contributed by atoms with Crippen LogP contribution >= 0.6 is 0 Å². The summed E-state index contributed by atoms with van der Waals surface area (Å²) in [5.41, 5.74) is 2.72. The average Bonchev–Trinajstić information content (AvgIpc) is 3.62. The minimum atomic E-state index is -0.448. The van der Waals surface area contributed by atoms with E-state index in [1.807, 2.05) is 59.8 Å². The van der Waals surface area contributed by atoms with E-state index in [9.17, 15) is 9.90 Å². The first-order valence-corrected chi connectivity index (χ1v) is 13.5. The van der Waals surface area contributed by atoms with Crippen molar-refractivity contribution in [2.24, 2.45) is 0 Å². The molecule has 1 atom stereocenters. The van der Waals surface area contributed by atoms with Crippen LogP contribution in [-0.4, -0.2) is 67.9 Å². The number of aliphatic hydroxyl groups excluding tert-OH is 1. The number of H-pyrrole nitrogens is 1. The van der Waals surface area contributed by atoms with Gasteiger partial charge in [-0.1, -0.05) is 30.3 Å². The molecule has 0 bridgehead atoms. The van der Waals surface area contributed by atoms with Crippen LogP contribution in [0, 0.1) is 0 Å². The molecule has 1 aliphatic rings. The molecule has 5 aromatic rings. The molecular formula is C28H31N9O4. The molecule has 13 heteroatoms. The Hall–Kier alpha value is -4.75. The van der Waals surface area contributed by atoms with Gasteiger partial charge >= 0.3 is 0 Å². The van der Waals surface area contributed by atoms with Crippen molar-refractivity contribution in [3.8, 4) is 11.5 Å². The maximum atomic E-state index is 12.4. The van der Waals surface area contributed by atoms with Gasteiger partial charge in [-0.05, 0) is 42.8 Å². The Morgan fingerprint density at radius 1 is 1.10 bits per heavy atom. The Morgan fingerprint density at radius 3 is 2.66 bits per heavy atom. The van der Waals surface area contributed by atoms with E-state index < -0.39 is 6.04 Å². The molecular weight excluding hydrogens is 526 g/mol. The highest BCUT2D eigenvalue weighted by molar-refractivity contribution is 5.83. The fourth-order valence-corrected chi connectivity index (χ4v) is 4.78. The molecule has 0 saturated carbocycles. The number of anilines is 4.